The van der Waals surface area contributed by atoms with Crippen molar-refractivity contribution in [3.8, 4) is 0 Å². The Balaban J connectivity index is 4.16. The number of rotatable bonds is 46. The third-order valence-corrected chi connectivity index (χ3v) is 11.9. The summed E-state index contributed by atoms with van der Waals surface area (Å²) in [7, 11) is -4.35. The van der Waals surface area contributed by atoms with Crippen LogP contribution in [0.4, 0.5) is 0 Å². The van der Waals surface area contributed by atoms with E-state index in [4.69, 9.17) is 14.8 Å². The van der Waals surface area contributed by atoms with Crippen LogP contribution in [0.15, 0.2) is 48.6 Å². The first-order valence-corrected chi connectivity index (χ1v) is 26.3. The monoisotopic (exact) mass is 851 g/mol. The lowest BCUT2D eigenvalue weighted by Crippen LogP contribution is -2.45. The Hall–Kier alpha value is -1.54. The van der Waals surface area contributed by atoms with E-state index < -0.39 is 20.0 Å². The number of nitrogens with two attached hydrogens (primary N) is 1. The number of hydrogen-bond donors (Lipinski definition) is 4. The molecule has 8 nitrogen and oxygen atoms in total. The normalized spacial score (nSPS) is 14.3. The number of allylic oxidation sites excluding steroid dienone is 7. The van der Waals surface area contributed by atoms with Gasteiger partial charge in [0.1, 0.15) is 0 Å². The molecule has 0 radical (unpaired) electrons. The average molecular weight is 851 g/mol. The third kappa shape index (κ3) is 44.3. The Labute approximate surface area is 364 Å². The summed E-state index contributed by atoms with van der Waals surface area (Å²) in [6.45, 7) is 4.12. The van der Waals surface area contributed by atoms with E-state index in [-0.39, 0.29) is 25.7 Å². The predicted octanol–water partition coefficient (Wildman–Crippen LogP) is 14.5. The number of amides is 1. The first-order valence-electron chi connectivity index (χ1n) is 24.8. The van der Waals surface area contributed by atoms with Crippen LogP contribution in [0.2, 0.25) is 0 Å². The van der Waals surface area contributed by atoms with Crippen molar-refractivity contribution in [2.75, 3.05) is 19.8 Å². The molecule has 3 unspecified atom stereocenters. The number of aliphatic hydroxyl groups is 1. The molecule has 0 aliphatic carbocycles. The molecule has 0 heterocycles. The molecule has 0 fully saturated rings. The molecule has 0 aliphatic heterocycles. The number of aliphatic hydroxyl groups excluding tert-OH is 1. The van der Waals surface area contributed by atoms with E-state index in [0.29, 0.717) is 6.42 Å². The number of phosphoric acid groups is 1. The molecule has 346 valence electrons. The molecule has 0 saturated heterocycles. The maximum absolute atomic E-state index is 12.8. The van der Waals surface area contributed by atoms with E-state index in [1.165, 1.54) is 148 Å². The fourth-order valence-electron chi connectivity index (χ4n) is 7.14. The largest absolute Gasteiger partial charge is 0.472 e. The van der Waals surface area contributed by atoms with Gasteiger partial charge in [0.2, 0.25) is 5.91 Å². The molecule has 0 spiro atoms. The highest BCUT2D eigenvalue weighted by molar-refractivity contribution is 7.47. The Kier molecular flexibility index (Phi) is 44.8. The number of carbonyl (C=O) groups is 1. The van der Waals surface area contributed by atoms with Crippen LogP contribution in [0.5, 0.6) is 0 Å². The highest BCUT2D eigenvalue weighted by Gasteiger charge is 2.26. The van der Waals surface area contributed by atoms with Gasteiger partial charge in [-0.1, -0.05) is 217 Å². The van der Waals surface area contributed by atoms with Gasteiger partial charge < -0.3 is 21.1 Å². The second-order valence-electron chi connectivity index (χ2n) is 16.7. The minimum Gasteiger partial charge on any atom is -0.387 e. The van der Waals surface area contributed by atoms with Crippen molar-refractivity contribution in [1.29, 1.82) is 0 Å². The van der Waals surface area contributed by atoms with Gasteiger partial charge in [-0.2, -0.15) is 0 Å². The molecule has 9 heteroatoms. The highest BCUT2D eigenvalue weighted by Crippen LogP contribution is 2.43. The van der Waals surface area contributed by atoms with Gasteiger partial charge in [-0.25, -0.2) is 4.57 Å². The lowest BCUT2D eigenvalue weighted by Gasteiger charge is -2.23. The summed E-state index contributed by atoms with van der Waals surface area (Å²) < 4.78 is 22.2. The van der Waals surface area contributed by atoms with Crippen LogP contribution < -0.4 is 11.1 Å². The maximum Gasteiger partial charge on any atom is 0.472 e. The Morgan fingerprint density at radius 1 is 0.559 bits per heavy atom. The molecule has 3 atom stereocenters. The summed E-state index contributed by atoms with van der Waals surface area (Å²) in [5.74, 6) is -0.206. The van der Waals surface area contributed by atoms with Crippen molar-refractivity contribution >= 4 is 13.7 Å². The van der Waals surface area contributed by atoms with Crippen LogP contribution in [0, 0.1) is 0 Å². The second-order valence-corrected chi connectivity index (χ2v) is 18.1. The summed E-state index contributed by atoms with van der Waals surface area (Å²) in [6, 6.07) is -0.869. The van der Waals surface area contributed by atoms with Crippen LogP contribution >= 0.6 is 7.82 Å². The van der Waals surface area contributed by atoms with Crippen molar-refractivity contribution < 1.29 is 28.4 Å². The molecule has 0 rings (SSSR count). The first kappa shape index (κ1) is 57.5. The zero-order valence-electron chi connectivity index (χ0n) is 38.5. The molecule has 0 aromatic heterocycles. The molecule has 0 bridgehead atoms. The number of unbranched alkanes of at least 4 members (excludes halogenated alkanes) is 28. The topological polar surface area (TPSA) is 131 Å². The zero-order valence-corrected chi connectivity index (χ0v) is 39.4. The second kappa shape index (κ2) is 46.0. The van der Waals surface area contributed by atoms with Crippen molar-refractivity contribution in [2.45, 2.75) is 244 Å². The number of nitrogens with one attached hydrogen (secondary N) is 1. The summed E-state index contributed by atoms with van der Waals surface area (Å²) in [6.07, 6.45) is 57.4. The van der Waals surface area contributed by atoms with E-state index >= 15 is 0 Å². The summed E-state index contributed by atoms with van der Waals surface area (Å²) >= 11 is 0. The molecular weight excluding hydrogens is 756 g/mol. The fourth-order valence-corrected chi connectivity index (χ4v) is 7.90. The molecular formula is C50H95N2O6P. The lowest BCUT2D eigenvalue weighted by molar-refractivity contribution is -0.123. The van der Waals surface area contributed by atoms with Gasteiger partial charge in [0.05, 0.1) is 25.4 Å². The molecule has 0 aromatic carbocycles. The molecule has 1 amide bonds. The van der Waals surface area contributed by atoms with E-state index in [9.17, 15) is 19.4 Å². The first-order chi connectivity index (χ1) is 28.9. The van der Waals surface area contributed by atoms with Gasteiger partial charge in [0.15, 0.2) is 0 Å². The number of hydrogen-bond acceptors (Lipinski definition) is 6. The fraction of sp³-hybridized carbons (Fsp3) is 0.820. The molecule has 0 aromatic rings. The van der Waals surface area contributed by atoms with Crippen LogP contribution in [-0.4, -0.2) is 47.8 Å². The van der Waals surface area contributed by atoms with Crippen molar-refractivity contribution in [3.05, 3.63) is 48.6 Å². The van der Waals surface area contributed by atoms with E-state index in [1.54, 1.807) is 6.08 Å². The van der Waals surface area contributed by atoms with Gasteiger partial charge in [-0.3, -0.25) is 13.8 Å². The third-order valence-electron chi connectivity index (χ3n) is 10.9. The Morgan fingerprint density at radius 2 is 0.932 bits per heavy atom. The smallest absolute Gasteiger partial charge is 0.387 e. The van der Waals surface area contributed by atoms with Crippen LogP contribution in [0.25, 0.3) is 0 Å². The highest BCUT2D eigenvalue weighted by atomic mass is 31.2. The summed E-state index contributed by atoms with van der Waals surface area (Å²) in [5, 5.41) is 13.7. The van der Waals surface area contributed by atoms with Crippen molar-refractivity contribution in [2.24, 2.45) is 5.73 Å². The standard InChI is InChI=1S/C50H95N2O6P/c1-3-5-7-9-11-13-15-17-19-21-23-24-26-27-29-31-33-35-37-39-41-43-49(53)48(47-58-59(55,56)57-46-45-51)52-50(54)44-42-40-38-36-34-32-30-28-25-22-20-18-16-14-12-10-8-6-4-2/h12,14,18,20,25,28,41,43,48-49,53H,3-11,13,15-17,19,21-24,26-27,29-40,42,44-47,51H2,1-2H3,(H,52,54)(H,55,56)/b14-12-,20-18-,28-25-,43-41+. The zero-order chi connectivity index (χ0) is 43.2. The van der Waals surface area contributed by atoms with Crippen LogP contribution in [0.3, 0.4) is 0 Å². The van der Waals surface area contributed by atoms with Crippen molar-refractivity contribution in [3.63, 3.8) is 0 Å². The quantitative estimate of drug-likeness (QED) is 0.0272. The number of phosphoric ester groups is 1. The Morgan fingerprint density at radius 3 is 1.39 bits per heavy atom. The molecule has 0 aliphatic rings. The minimum absolute atomic E-state index is 0.0749. The molecule has 59 heavy (non-hydrogen) atoms. The van der Waals surface area contributed by atoms with Gasteiger partial charge in [-0.15, -0.1) is 0 Å². The maximum atomic E-state index is 12.8. The van der Waals surface area contributed by atoms with Gasteiger partial charge in [-0.05, 0) is 57.8 Å². The van der Waals surface area contributed by atoms with E-state index in [1.807, 2.05) is 6.08 Å². The van der Waals surface area contributed by atoms with Gasteiger partial charge >= 0.3 is 7.82 Å². The molecule has 5 N–H and O–H groups in total. The summed E-state index contributed by atoms with van der Waals surface area (Å²) in [5.41, 5.74) is 5.39. The minimum atomic E-state index is -4.35. The SMILES string of the molecule is CCCCC/C=C\C/C=C\C/C=C\CCCCCCCCC(=O)NC(COP(=O)(O)OCCN)C(O)/C=C/CCCCCCCCCCCCCCCCCCCCC. The average Bonchev–Trinajstić information content (AvgIpc) is 3.22. The molecule has 0 saturated carbocycles. The number of carbonyl (C=O) groups excluding carboxylic acids is 1. The van der Waals surface area contributed by atoms with Gasteiger partial charge in [0, 0.05) is 13.0 Å². The lowest BCUT2D eigenvalue weighted by atomic mass is 10.0. The van der Waals surface area contributed by atoms with E-state index in [2.05, 4.69) is 55.6 Å². The van der Waals surface area contributed by atoms with Crippen LogP contribution in [-0.2, 0) is 18.4 Å². The van der Waals surface area contributed by atoms with Crippen LogP contribution in [0.1, 0.15) is 232 Å². The summed E-state index contributed by atoms with van der Waals surface area (Å²) in [4.78, 5) is 22.8. The van der Waals surface area contributed by atoms with E-state index in [0.717, 1.165) is 64.2 Å². The van der Waals surface area contributed by atoms with Gasteiger partial charge in [0.25, 0.3) is 0 Å². The van der Waals surface area contributed by atoms with Crippen molar-refractivity contribution in [1.82, 2.24) is 5.32 Å². The predicted molar refractivity (Wildman–Crippen MR) is 254 cm³/mol. The Bertz CT molecular complexity index is 1060.